The number of fused-ring (bicyclic) bond motifs is 2. The van der Waals surface area contributed by atoms with E-state index < -0.39 is 9.84 Å². The van der Waals surface area contributed by atoms with Gasteiger partial charge in [0.1, 0.15) is 16.2 Å². The molecule has 3 aromatic carbocycles. The molecule has 6 nitrogen and oxygen atoms in total. The number of para-hydroxylation sites is 2. The van der Waals surface area contributed by atoms with Gasteiger partial charge < -0.3 is 5.73 Å². The molecule has 0 amide bonds. The summed E-state index contributed by atoms with van der Waals surface area (Å²) in [5.74, 6) is 0.0517. The van der Waals surface area contributed by atoms with Crippen LogP contribution in [0, 0.1) is 13.8 Å². The van der Waals surface area contributed by atoms with Crippen LogP contribution in [0.15, 0.2) is 76.5 Å². The van der Waals surface area contributed by atoms with Gasteiger partial charge in [-0.1, -0.05) is 29.8 Å². The first kappa shape index (κ1) is 20.5. The van der Waals surface area contributed by atoms with Crippen molar-refractivity contribution in [3.63, 3.8) is 0 Å². The van der Waals surface area contributed by atoms with Crippen LogP contribution in [0.25, 0.3) is 27.9 Å². The largest absolute Gasteiger partial charge is 0.384 e. The molecule has 0 saturated carbocycles. The second-order valence-corrected chi connectivity index (χ2v) is 9.98. The monoisotopic (exact) mass is 462 g/mol. The van der Waals surface area contributed by atoms with Gasteiger partial charge in [-0.3, -0.25) is 4.57 Å². The number of sulfone groups is 1. The second kappa shape index (κ2) is 7.32. The number of halogens is 1. The fourth-order valence-corrected chi connectivity index (χ4v) is 5.45. The number of anilines is 1. The summed E-state index contributed by atoms with van der Waals surface area (Å²) >= 11 is 6.06. The molecule has 0 aliphatic carbocycles. The molecule has 160 valence electrons. The van der Waals surface area contributed by atoms with Crippen molar-refractivity contribution >= 4 is 49.5 Å². The topological polar surface area (TPSA) is 90.9 Å². The molecule has 5 rings (SSSR count). The minimum Gasteiger partial charge on any atom is -0.384 e. The number of rotatable bonds is 3. The van der Waals surface area contributed by atoms with Crippen molar-refractivity contribution < 1.29 is 8.42 Å². The quantitative estimate of drug-likeness (QED) is 0.395. The summed E-state index contributed by atoms with van der Waals surface area (Å²) in [6.45, 7) is 3.81. The van der Waals surface area contributed by atoms with E-state index in [4.69, 9.17) is 22.3 Å². The maximum Gasteiger partial charge on any atom is 0.212 e. The van der Waals surface area contributed by atoms with Gasteiger partial charge in [0, 0.05) is 10.7 Å². The van der Waals surface area contributed by atoms with E-state index in [9.17, 15) is 8.42 Å². The summed E-state index contributed by atoms with van der Waals surface area (Å²) < 4.78 is 29.2. The van der Waals surface area contributed by atoms with Crippen LogP contribution in [-0.2, 0) is 9.84 Å². The molecule has 0 fully saturated rings. The zero-order valence-electron chi connectivity index (χ0n) is 17.4. The molecule has 0 saturated heterocycles. The third-order valence-electron chi connectivity index (χ3n) is 5.59. The number of aromatic nitrogens is 3. The lowest BCUT2D eigenvalue weighted by molar-refractivity contribution is 0.597. The predicted octanol–water partition coefficient (Wildman–Crippen LogP) is 5.26. The molecule has 0 radical (unpaired) electrons. The number of nitrogens with zero attached hydrogens (tertiary/aromatic N) is 3. The lowest BCUT2D eigenvalue weighted by Crippen LogP contribution is -2.07. The molecular weight excluding hydrogens is 444 g/mol. The predicted molar refractivity (Wildman–Crippen MR) is 127 cm³/mol. The third kappa shape index (κ3) is 3.13. The highest BCUT2D eigenvalue weighted by Crippen LogP contribution is 2.37. The van der Waals surface area contributed by atoms with Crippen molar-refractivity contribution in [2.24, 2.45) is 0 Å². The van der Waals surface area contributed by atoms with Gasteiger partial charge in [-0.2, -0.15) is 0 Å². The van der Waals surface area contributed by atoms with Gasteiger partial charge in [-0.25, -0.2) is 18.4 Å². The molecular formula is C24H19ClN4O2S. The molecule has 0 unspecified atom stereocenters. The van der Waals surface area contributed by atoms with E-state index in [2.05, 4.69) is 4.98 Å². The third-order valence-corrected chi connectivity index (χ3v) is 7.66. The molecule has 0 aliphatic heterocycles. The minimum atomic E-state index is -3.97. The molecule has 0 aliphatic rings. The molecule has 0 bridgehead atoms. The van der Waals surface area contributed by atoms with Crippen LogP contribution in [0.5, 0.6) is 0 Å². The fraction of sp³-hybridized carbons (Fsp3) is 0.0833. The van der Waals surface area contributed by atoms with Crippen molar-refractivity contribution in [3.8, 4) is 5.69 Å². The molecule has 0 spiro atoms. The number of nitrogens with two attached hydrogens (primary N) is 1. The number of aryl methyl sites for hydroxylation is 2. The lowest BCUT2D eigenvalue weighted by atomic mass is 10.1. The maximum atomic E-state index is 13.8. The van der Waals surface area contributed by atoms with E-state index in [1.807, 2.05) is 32.0 Å². The summed E-state index contributed by atoms with van der Waals surface area (Å²) in [4.78, 5) is 9.50. The van der Waals surface area contributed by atoms with Gasteiger partial charge in [-0.05, 0) is 73.5 Å². The number of benzene rings is 3. The summed E-state index contributed by atoms with van der Waals surface area (Å²) in [7, 11) is -3.97. The summed E-state index contributed by atoms with van der Waals surface area (Å²) in [5, 5.41) is 0.559. The smallest absolute Gasteiger partial charge is 0.212 e. The summed E-state index contributed by atoms with van der Waals surface area (Å²) in [6.07, 6.45) is 0. The number of nitrogen functional groups attached to an aromatic ring is 1. The Kier molecular flexibility index (Phi) is 4.69. The normalized spacial score (nSPS) is 12.0. The molecule has 8 heteroatoms. The van der Waals surface area contributed by atoms with E-state index in [-0.39, 0.29) is 21.1 Å². The van der Waals surface area contributed by atoms with E-state index in [0.29, 0.717) is 27.4 Å². The Morgan fingerprint density at radius 3 is 2.19 bits per heavy atom. The first-order valence-electron chi connectivity index (χ1n) is 9.92. The Morgan fingerprint density at radius 1 is 0.875 bits per heavy atom. The van der Waals surface area contributed by atoms with Crippen LogP contribution >= 0.6 is 11.6 Å². The zero-order chi connectivity index (χ0) is 22.6. The summed E-state index contributed by atoms with van der Waals surface area (Å²) in [6, 6.07) is 19.3. The van der Waals surface area contributed by atoms with Gasteiger partial charge in [0.15, 0.2) is 5.65 Å². The standard InChI is InChI=1S/C24H19ClN4O2S/c1-14-7-12-18(13-15(14)2)32(30,31)22-21-24(28-20-6-4-3-5-19(20)27-21)29(23(22)26)17-10-8-16(25)9-11-17/h3-13H,26H2,1-2H3. The highest BCUT2D eigenvalue weighted by Gasteiger charge is 2.31. The van der Waals surface area contributed by atoms with Crippen molar-refractivity contribution in [3.05, 3.63) is 82.9 Å². The SMILES string of the molecule is Cc1ccc(S(=O)(=O)c2c(N)n(-c3ccc(Cl)cc3)c3nc4ccccc4nc23)cc1C. The highest BCUT2D eigenvalue weighted by atomic mass is 35.5. The fourth-order valence-electron chi connectivity index (χ4n) is 3.75. The first-order chi connectivity index (χ1) is 15.3. The number of hydrogen-bond donors (Lipinski definition) is 1. The van der Waals surface area contributed by atoms with Crippen LogP contribution in [-0.4, -0.2) is 23.0 Å². The van der Waals surface area contributed by atoms with Gasteiger partial charge >= 0.3 is 0 Å². The maximum absolute atomic E-state index is 13.8. The highest BCUT2D eigenvalue weighted by molar-refractivity contribution is 7.92. The van der Waals surface area contributed by atoms with Crippen molar-refractivity contribution in [2.45, 2.75) is 23.6 Å². The molecule has 32 heavy (non-hydrogen) atoms. The Balaban J connectivity index is 1.90. The average molecular weight is 463 g/mol. The van der Waals surface area contributed by atoms with E-state index in [1.54, 1.807) is 53.1 Å². The molecule has 0 atom stereocenters. The Labute approximate surface area is 190 Å². The lowest BCUT2D eigenvalue weighted by Gasteiger charge is -2.09. The Hall–Kier alpha value is -3.42. The second-order valence-electron chi connectivity index (χ2n) is 7.66. The van der Waals surface area contributed by atoms with Crippen LogP contribution < -0.4 is 5.73 Å². The van der Waals surface area contributed by atoms with E-state index in [0.717, 1.165) is 11.1 Å². The molecule has 2 N–H and O–H groups in total. The van der Waals surface area contributed by atoms with Crippen LogP contribution in [0.1, 0.15) is 11.1 Å². The number of hydrogen-bond acceptors (Lipinski definition) is 5. The average Bonchev–Trinajstić information content (AvgIpc) is 3.06. The molecule has 2 heterocycles. The Morgan fingerprint density at radius 2 is 1.53 bits per heavy atom. The van der Waals surface area contributed by atoms with Gasteiger partial charge in [-0.15, -0.1) is 0 Å². The summed E-state index contributed by atoms with van der Waals surface area (Å²) in [5.41, 5.74) is 10.9. The van der Waals surface area contributed by atoms with Gasteiger partial charge in [0.05, 0.1) is 15.9 Å². The van der Waals surface area contributed by atoms with Crippen molar-refractivity contribution in [2.75, 3.05) is 5.73 Å². The van der Waals surface area contributed by atoms with Gasteiger partial charge in [0.2, 0.25) is 9.84 Å². The van der Waals surface area contributed by atoms with Crippen molar-refractivity contribution in [1.29, 1.82) is 0 Å². The Bertz CT molecular complexity index is 1620. The van der Waals surface area contributed by atoms with Crippen LogP contribution in [0.3, 0.4) is 0 Å². The van der Waals surface area contributed by atoms with Gasteiger partial charge in [0.25, 0.3) is 0 Å². The first-order valence-corrected chi connectivity index (χ1v) is 11.8. The molecule has 5 aromatic rings. The zero-order valence-corrected chi connectivity index (χ0v) is 18.9. The van der Waals surface area contributed by atoms with E-state index >= 15 is 0 Å². The van der Waals surface area contributed by atoms with Crippen molar-refractivity contribution in [1.82, 2.24) is 14.5 Å². The molecule has 2 aromatic heterocycles. The van der Waals surface area contributed by atoms with Crippen LogP contribution in [0.4, 0.5) is 5.82 Å². The van der Waals surface area contributed by atoms with E-state index in [1.165, 1.54) is 0 Å². The van der Waals surface area contributed by atoms with Crippen LogP contribution in [0.2, 0.25) is 5.02 Å². The minimum absolute atomic E-state index is 0.0517.